The molecule has 3 aliphatic rings. The van der Waals surface area contributed by atoms with Crippen LogP contribution in [-0.2, 0) is 20.7 Å². The Kier molecular flexibility index (Phi) is 4.58. The molecule has 1 aromatic rings. The van der Waals surface area contributed by atoms with Gasteiger partial charge in [-0.05, 0) is 41.7 Å². The monoisotopic (exact) mass is 362 g/mol. The molecule has 0 saturated carbocycles. The van der Waals surface area contributed by atoms with E-state index in [4.69, 9.17) is 4.74 Å². The van der Waals surface area contributed by atoms with E-state index in [1.165, 1.54) is 0 Å². The number of nitrogens with one attached hydrogen (secondary N) is 1. The van der Waals surface area contributed by atoms with Crippen molar-refractivity contribution < 1.29 is 14.3 Å². The average molecular weight is 362 g/mol. The summed E-state index contributed by atoms with van der Waals surface area (Å²) in [6, 6.07) is 1.99. The molecule has 136 valence electrons. The zero-order chi connectivity index (χ0) is 17.4. The summed E-state index contributed by atoms with van der Waals surface area (Å²) in [5.74, 6) is 1.03. The third-order valence-electron chi connectivity index (χ3n) is 6.08. The summed E-state index contributed by atoms with van der Waals surface area (Å²) in [7, 11) is 0. The lowest BCUT2D eigenvalue weighted by atomic mass is 9.73. The first-order valence-corrected chi connectivity index (χ1v) is 10.3. The topological polar surface area (TPSA) is 58.6 Å². The van der Waals surface area contributed by atoms with Crippen molar-refractivity contribution in [1.82, 2.24) is 10.2 Å². The van der Waals surface area contributed by atoms with Crippen LogP contribution in [0.3, 0.4) is 0 Å². The molecule has 1 spiro atoms. The van der Waals surface area contributed by atoms with E-state index < -0.39 is 0 Å². The quantitative estimate of drug-likeness (QED) is 0.844. The molecule has 2 amide bonds. The minimum absolute atomic E-state index is 0.0761. The molecule has 5 nitrogen and oxygen atoms in total. The van der Waals surface area contributed by atoms with Crippen LogP contribution in [-0.4, -0.2) is 48.1 Å². The van der Waals surface area contributed by atoms with Crippen molar-refractivity contribution in [3.05, 3.63) is 22.4 Å². The zero-order valence-electron chi connectivity index (χ0n) is 14.7. The number of carbonyl (C=O) groups excluding carboxylic acids is 2. The molecule has 25 heavy (non-hydrogen) atoms. The Morgan fingerprint density at radius 2 is 2.36 bits per heavy atom. The van der Waals surface area contributed by atoms with Gasteiger partial charge in [-0.15, -0.1) is 0 Å². The van der Waals surface area contributed by atoms with Gasteiger partial charge in [0, 0.05) is 31.3 Å². The van der Waals surface area contributed by atoms with Crippen LogP contribution in [0.15, 0.2) is 16.8 Å². The van der Waals surface area contributed by atoms with Crippen LogP contribution < -0.4 is 5.32 Å². The van der Waals surface area contributed by atoms with Crippen molar-refractivity contribution >= 4 is 23.2 Å². The van der Waals surface area contributed by atoms with E-state index in [1.54, 1.807) is 11.3 Å². The van der Waals surface area contributed by atoms with Gasteiger partial charge in [-0.2, -0.15) is 11.3 Å². The van der Waals surface area contributed by atoms with Gasteiger partial charge in [-0.3, -0.25) is 9.59 Å². The van der Waals surface area contributed by atoms with Crippen LogP contribution >= 0.6 is 11.3 Å². The smallest absolute Gasteiger partial charge is 0.224 e. The standard InChI is InChI=1S/C19H26N2O3S/c1-2-3-18(23)21-10-15-14(16-4-6-19(15,12-21)24-16)9-20-17(22)8-13-5-7-25-11-13/h5,7,11,14-16H,2-4,6,8-10,12H2,1H3,(H,20,22)/t14-,15+,16+,19+/m0/s1. The predicted octanol–water partition coefficient (Wildman–Crippen LogP) is 2.21. The summed E-state index contributed by atoms with van der Waals surface area (Å²) in [6.07, 6.45) is 4.30. The second-order valence-electron chi connectivity index (χ2n) is 7.67. The van der Waals surface area contributed by atoms with Crippen LogP contribution in [0, 0.1) is 11.8 Å². The largest absolute Gasteiger partial charge is 0.369 e. The van der Waals surface area contributed by atoms with E-state index in [9.17, 15) is 9.59 Å². The number of nitrogens with zero attached hydrogens (tertiary/aromatic N) is 1. The number of thiophene rings is 1. The lowest BCUT2D eigenvalue weighted by Crippen LogP contribution is -2.42. The Bertz CT molecular complexity index is 647. The molecule has 2 bridgehead atoms. The minimum atomic E-state index is -0.142. The Morgan fingerprint density at radius 1 is 1.48 bits per heavy atom. The molecule has 1 aromatic heterocycles. The van der Waals surface area contributed by atoms with Crippen molar-refractivity contribution in [2.75, 3.05) is 19.6 Å². The maximum Gasteiger partial charge on any atom is 0.224 e. The van der Waals surface area contributed by atoms with E-state index in [2.05, 4.69) is 5.32 Å². The fourth-order valence-electron chi connectivity index (χ4n) is 4.90. The first kappa shape index (κ1) is 17.0. The second kappa shape index (κ2) is 6.72. The molecule has 1 N–H and O–H groups in total. The van der Waals surface area contributed by atoms with E-state index in [1.807, 2.05) is 28.7 Å². The Hall–Kier alpha value is -1.40. The maximum atomic E-state index is 12.3. The van der Waals surface area contributed by atoms with Gasteiger partial charge in [0.05, 0.1) is 24.7 Å². The number of hydrogen-bond acceptors (Lipinski definition) is 4. The molecule has 6 heteroatoms. The van der Waals surface area contributed by atoms with E-state index in [-0.39, 0.29) is 23.5 Å². The number of hydrogen-bond donors (Lipinski definition) is 1. The Balaban J connectivity index is 1.36. The number of amides is 2. The van der Waals surface area contributed by atoms with Crippen LogP contribution in [0.2, 0.25) is 0 Å². The highest BCUT2D eigenvalue weighted by Gasteiger charge is 2.63. The van der Waals surface area contributed by atoms with Gasteiger partial charge in [-0.25, -0.2) is 0 Å². The van der Waals surface area contributed by atoms with Gasteiger partial charge in [0.2, 0.25) is 11.8 Å². The first-order chi connectivity index (χ1) is 12.1. The molecule has 4 rings (SSSR count). The summed E-state index contributed by atoms with van der Waals surface area (Å²) in [4.78, 5) is 26.5. The van der Waals surface area contributed by atoms with Crippen molar-refractivity contribution in [3.63, 3.8) is 0 Å². The lowest BCUT2D eigenvalue weighted by Gasteiger charge is -2.29. The van der Waals surface area contributed by atoms with Crippen LogP contribution in [0.25, 0.3) is 0 Å². The molecule has 0 radical (unpaired) electrons. The van der Waals surface area contributed by atoms with Gasteiger partial charge in [0.1, 0.15) is 0 Å². The van der Waals surface area contributed by atoms with Gasteiger partial charge in [0.15, 0.2) is 0 Å². The fraction of sp³-hybridized carbons (Fsp3) is 0.684. The van der Waals surface area contributed by atoms with Crippen LogP contribution in [0.5, 0.6) is 0 Å². The van der Waals surface area contributed by atoms with Gasteiger partial charge in [0.25, 0.3) is 0 Å². The van der Waals surface area contributed by atoms with Gasteiger partial charge >= 0.3 is 0 Å². The molecule has 4 atom stereocenters. The maximum absolute atomic E-state index is 12.3. The molecule has 0 unspecified atom stereocenters. The summed E-state index contributed by atoms with van der Waals surface area (Å²) >= 11 is 1.62. The molecule has 0 aliphatic carbocycles. The highest BCUT2D eigenvalue weighted by Crippen LogP contribution is 2.54. The first-order valence-electron chi connectivity index (χ1n) is 9.34. The zero-order valence-corrected chi connectivity index (χ0v) is 15.5. The Labute approximate surface area is 152 Å². The second-order valence-corrected chi connectivity index (χ2v) is 8.45. The lowest BCUT2D eigenvalue weighted by molar-refractivity contribution is -0.131. The van der Waals surface area contributed by atoms with Gasteiger partial charge < -0.3 is 15.0 Å². The molecular weight excluding hydrogens is 336 g/mol. The summed E-state index contributed by atoms with van der Waals surface area (Å²) in [5.41, 5.74) is 0.928. The molecule has 4 heterocycles. The highest BCUT2D eigenvalue weighted by atomic mass is 32.1. The molecule has 3 fully saturated rings. The Morgan fingerprint density at radius 3 is 3.12 bits per heavy atom. The molecule has 3 saturated heterocycles. The highest BCUT2D eigenvalue weighted by molar-refractivity contribution is 7.08. The summed E-state index contributed by atoms with van der Waals surface area (Å²) < 4.78 is 6.35. The van der Waals surface area contributed by atoms with E-state index in [0.29, 0.717) is 31.2 Å². The van der Waals surface area contributed by atoms with Crippen molar-refractivity contribution in [1.29, 1.82) is 0 Å². The van der Waals surface area contributed by atoms with Crippen molar-refractivity contribution in [3.8, 4) is 0 Å². The minimum Gasteiger partial charge on any atom is -0.369 e. The number of ether oxygens (including phenoxy) is 1. The SMILES string of the molecule is CCCC(=O)N1C[C@@H]2[C@H](CNC(=O)Cc3ccsc3)[C@H]3CC[C@]2(C1)O3. The van der Waals surface area contributed by atoms with Crippen LogP contribution in [0.1, 0.15) is 38.2 Å². The third-order valence-corrected chi connectivity index (χ3v) is 6.81. The summed E-state index contributed by atoms with van der Waals surface area (Å²) in [6.45, 7) is 4.24. The number of fused-ring (bicyclic) bond motifs is 1. The molecular formula is C19H26N2O3S. The van der Waals surface area contributed by atoms with E-state index >= 15 is 0 Å². The molecule has 0 aromatic carbocycles. The third kappa shape index (κ3) is 3.10. The van der Waals surface area contributed by atoms with Gasteiger partial charge in [-0.1, -0.05) is 6.92 Å². The number of rotatable bonds is 6. The van der Waals surface area contributed by atoms with E-state index in [0.717, 1.165) is 37.9 Å². The number of likely N-dealkylation sites (tertiary alicyclic amines) is 1. The average Bonchev–Trinajstić information content (AvgIpc) is 3.33. The summed E-state index contributed by atoms with van der Waals surface area (Å²) in [5, 5.41) is 7.12. The molecule has 3 aliphatic heterocycles. The predicted molar refractivity (Wildman–Crippen MR) is 96.3 cm³/mol. The normalized spacial score (nSPS) is 32.8. The number of carbonyl (C=O) groups is 2. The van der Waals surface area contributed by atoms with Crippen LogP contribution in [0.4, 0.5) is 0 Å². The van der Waals surface area contributed by atoms with Crippen molar-refractivity contribution in [2.45, 2.75) is 50.7 Å². The fourth-order valence-corrected chi connectivity index (χ4v) is 5.57. The van der Waals surface area contributed by atoms with Crippen molar-refractivity contribution in [2.24, 2.45) is 11.8 Å².